The van der Waals surface area contributed by atoms with E-state index in [1.54, 1.807) is 12.1 Å². The number of benzene rings is 3. The Bertz CT molecular complexity index is 899. The normalized spacial score (nSPS) is 12.1. The second kappa shape index (κ2) is 7.36. The van der Waals surface area contributed by atoms with E-state index < -0.39 is 5.97 Å². The molecule has 0 saturated carbocycles. The van der Waals surface area contributed by atoms with Gasteiger partial charge in [-0.25, -0.2) is 4.79 Å². The lowest BCUT2D eigenvalue weighted by Crippen LogP contribution is -2.18. The molecular weight excluding hydrogens is 314 g/mol. The van der Waals surface area contributed by atoms with Gasteiger partial charge in [-0.1, -0.05) is 48.5 Å². The predicted molar refractivity (Wildman–Crippen MR) is 98.6 cm³/mol. The van der Waals surface area contributed by atoms with Gasteiger partial charge in [0.15, 0.2) is 0 Å². The third kappa shape index (κ3) is 3.64. The summed E-state index contributed by atoms with van der Waals surface area (Å²) in [6.45, 7) is 2.69. The smallest absolute Gasteiger partial charge is 0.341 e. The third-order valence-electron chi connectivity index (χ3n) is 4.37. The Balaban J connectivity index is 1.78. The fourth-order valence-electron chi connectivity index (χ4n) is 2.98. The van der Waals surface area contributed by atoms with Crippen LogP contribution >= 0.6 is 0 Å². The number of esters is 1. The molecule has 0 unspecified atom stereocenters. The number of methoxy groups -OCH3 is 1. The molecule has 4 nitrogen and oxygen atoms in total. The van der Waals surface area contributed by atoms with Gasteiger partial charge in [-0.2, -0.15) is 0 Å². The van der Waals surface area contributed by atoms with Crippen molar-refractivity contribution in [2.45, 2.75) is 19.5 Å². The fourth-order valence-corrected chi connectivity index (χ4v) is 2.98. The predicted octanol–water partition coefficient (Wildman–Crippen LogP) is 4.18. The highest BCUT2D eigenvalue weighted by Crippen LogP contribution is 2.25. The molecule has 0 aromatic heterocycles. The SMILES string of the molecule is COC(=O)c1cc(CN[C@H](C)c2cccc3ccccc23)ccc1O. The molecule has 128 valence electrons. The van der Waals surface area contributed by atoms with Gasteiger partial charge in [0.25, 0.3) is 0 Å². The van der Waals surface area contributed by atoms with Crippen molar-refractivity contribution in [3.8, 4) is 5.75 Å². The Kier molecular flexibility index (Phi) is 5.00. The standard InChI is InChI=1S/C21H21NO3/c1-14(17-9-5-7-16-6-3-4-8-18(16)17)22-13-15-10-11-20(23)19(12-15)21(24)25-2/h3-12,14,22-23H,13H2,1-2H3/t14-/m1/s1. The molecule has 3 rings (SSSR count). The van der Waals surface area contributed by atoms with Crippen molar-refractivity contribution < 1.29 is 14.6 Å². The van der Waals surface area contributed by atoms with Crippen molar-refractivity contribution in [1.29, 1.82) is 0 Å². The van der Waals surface area contributed by atoms with Gasteiger partial charge in [-0.3, -0.25) is 0 Å². The Hall–Kier alpha value is -2.85. The van der Waals surface area contributed by atoms with Gasteiger partial charge < -0.3 is 15.2 Å². The van der Waals surface area contributed by atoms with Crippen LogP contribution in [0.15, 0.2) is 60.7 Å². The minimum absolute atomic E-state index is 0.0716. The average molecular weight is 335 g/mol. The van der Waals surface area contributed by atoms with E-state index in [1.165, 1.54) is 29.5 Å². The van der Waals surface area contributed by atoms with Crippen LogP contribution in [0.2, 0.25) is 0 Å². The number of phenolic OH excluding ortho intramolecular Hbond substituents is 1. The summed E-state index contributed by atoms with van der Waals surface area (Å²) in [6.07, 6.45) is 0. The lowest BCUT2D eigenvalue weighted by atomic mass is 9.99. The monoisotopic (exact) mass is 335 g/mol. The van der Waals surface area contributed by atoms with Crippen molar-refractivity contribution in [1.82, 2.24) is 5.32 Å². The second-order valence-corrected chi connectivity index (χ2v) is 6.01. The first-order valence-corrected chi connectivity index (χ1v) is 8.21. The number of carbonyl (C=O) groups is 1. The molecule has 0 saturated heterocycles. The highest BCUT2D eigenvalue weighted by atomic mass is 16.5. The minimum Gasteiger partial charge on any atom is -0.507 e. The molecule has 3 aromatic rings. The van der Waals surface area contributed by atoms with E-state index in [-0.39, 0.29) is 17.4 Å². The van der Waals surface area contributed by atoms with Crippen LogP contribution in [-0.4, -0.2) is 18.2 Å². The summed E-state index contributed by atoms with van der Waals surface area (Å²) in [4.78, 5) is 11.7. The number of carbonyl (C=O) groups excluding carboxylic acids is 1. The van der Waals surface area contributed by atoms with E-state index >= 15 is 0 Å². The molecule has 0 bridgehead atoms. The van der Waals surface area contributed by atoms with Crippen molar-refractivity contribution >= 4 is 16.7 Å². The van der Waals surface area contributed by atoms with Crippen LogP contribution in [0.25, 0.3) is 10.8 Å². The topological polar surface area (TPSA) is 58.6 Å². The third-order valence-corrected chi connectivity index (χ3v) is 4.37. The molecule has 0 aliphatic carbocycles. The van der Waals surface area contributed by atoms with Crippen LogP contribution in [0.1, 0.15) is 34.5 Å². The van der Waals surface area contributed by atoms with Crippen molar-refractivity contribution in [2.24, 2.45) is 0 Å². The molecule has 0 aliphatic heterocycles. The van der Waals surface area contributed by atoms with Gasteiger partial charge in [0.1, 0.15) is 11.3 Å². The van der Waals surface area contributed by atoms with E-state index in [0.29, 0.717) is 6.54 Å². The maximum atomic E-state index is 11.7. The molecule has 0 radical (unpaired) electrons. The molecule has 1 atom stereocenters. The first-order valence-electron chi connectivity index (χ1n) is 8.21. The zero-order valence-electron chi connectivity index (χ0n) is 14.3. The quantitative estimate of drug-likeness (QED) is 0.687. The van der Waals surface area contributed by atoms with Crippen LogP contribution in [0.4, 0.5) is 0 Å². The molecule has 0 heterocycles. The molecular formula is C21H21NO3. The summed E-state index contributed by atoms with van der Waals surface area (Å²) in [5, 5.41) is 15.7. The number of rotatable bonds is 5. The number of nitrogens with one attached hydrogen (secondary N) is 1. The number of phenols is 1. The van der Waals surface area contributed by atoms with Gasteiger partial charge in [0.2, 0.25) is 0 Å². The molecule has 25 heavy (non-hydrogen) atoms. The lowest BCUT2D eigenvalue weighted by Gasteiger charge is -2.17. The summed E-state index contributed by atoms with van der Waals surface area (Å²) in [7, 11) is 1.30. The van der Waals surface area contributed by atoms with Gasteiger partial charge in [0, 0.05) is 12.6 Å². The zero-order chi connectivity index (χ0) is 17.8. The Morgan fingerprint density at radius 3 is 2.68 bits per heavy atom. The average Bonchev–Trinajstić information content (AvgIpc) is 2.66. The number of hydrogen-bond acceptors (Lipinski definition) is 4. The van der Waals surface area contributed by atoms with Gasteiger partial charge in [0.05, 0.1) is 7.11 Å². The van der Waals surface area contributed by atoms with Crippen molar-refractivity contribution in [3.05, 3.63) is 77.4 Å². The van der Waals surface area contributed by atoms with E-state index in [9.17, 15) is 9.90 Å². The Labute approximate surface area is 147 Å². The molecule has 3 aromatic carbocycles. The van der Waals surface area contributed by atoms with Crippen LogP contribution in [0.3, 0.4) is 0 Å². The largest absolute Gasteiger partial charge is 0.507 e. The van der Waals surface area contributed by atoms with Crippen molar-refractivity contribution in [2.75, 3.05) is 7.11 Å². The van der Waals surface area contributed by atoms with Gasteiger partial charge in [-0.15, -0.1) is 0 Å². The van der Waals surface area contributed by atoms with Gasteiger partial charge >= 0.3 is 5.97 Å². The molecule has 4 heteroatoms. The van der Waals surface area contributed by atoms with Crippen LogP contribution < -0.4 is 5.32 Å². The summed E-state index contributed by atoms with van der Waals surface area (Å²) in [5.41, 5.74) is 2.31. The van der Waals surface area contributed by atoms with E-state index in [4.69, 9.17) is 4.74 Å². The zero-order valence-corrected chi connectivity index (χ0v) is 14.3. The van der Waals surface area contributed by atoms with Gasteiger partial charge in [-0.05, 0) is 41.0 Å². The second-order valence-electron chi connectivity index (χ2n) is 6.01. The Morgan fingerprint density at radius 1 is 1.12 bits per heavy atom. The Morgan fingerprint density at radius 2 is 1.88 bits per heavy atom. The highest BCUT2D eigenvalue weighted by Gasteiger charge is 2.13. The first kappa shape index (κ1) is 17.0. The molecule has 2 N–H and O–H groups in total. The summed E-state index contributed by atoms with van der Waals surface area (Å²) in [6, 6.07) is 19.7. The summed E-state index contributed by atoms with van der Waals surface area (Å²) >= 11 is 0. The lowest BCUT2D eigenvalue weighted by molar-refractivity contribution is 0.0597. The van der Waals surface area contributed by atoms with Crippen LogP contribution in [0.5, 0.6) is 5.75 Å². The fraction of sp³-hybridized carbons (Fsp3) is 0.190. The summed E-state index contributed by atoms with van der Waals surface area (Å²) in [5.74, 6) is -0.612. The minimum atomic E-state index is -0.540. The molecule has 0 fully saturated rings. The maximum absolute atomic E-state index is 11.7. The maximum Gasteiger partial charge on any atom is 0.341 e. The number of hydrogen-bond donors (Lipinski definition) is 2. The molecule has 0 amide bonds. The highest BCUT2D eigenvalue weighted by molar-refractivity contribution is 5.92. The number of aromatic hydroxyl groups is 1. The molecule has 0 spiro atoms. The van der Waals surface area contributed by atoms with Crippen LogP contribution in [0, 0.1) is 0 Å². The van der Waals surface area contributed by atoms with E-state index in [2.05, 4.69) is 42.6 Å². The number of fused-ring (bicyclic) bond motifs is 1. The summed E-state index contributed by atoms with van der Waals surface area (Å²) < 4.78 is 4.70. The van der Waals surface area contributed by atoms with E-state index in [1.807, 2.05) is 12.1 Å². The van der Waals surface area contributed by atoms with Crippen molar-refractivity contribution in [3.63, 3.8) is 0 Å². The molecule has 0 aliphatic rings. The number of ether oxygens (including phenoxy) is 1. The first-order chi connectivity index (χ1) is 12.1. The van der Waals surface area contributed by atoms with Crippen LogP contribution in [-0.2, 0) is 11.3 Å². The van der Waals surface area contributed by atoms with E-state index in [0.717, 1.165) is 5.56 Å².